The average molecular weight is 623 g/mol. The summed E-state index contributed by atoms with van der Waals surface area (Å²) in [7, 11) is 4.56. The number of aliphatic hydroxyl groups is 1. The number of nitrogens with one attached hydrogen (secondary N) is 3. The molecule has 12 heteroatoms. The maximum Gasteiger partial charge on any atom is 0.326 e. The van der Waals surface area contributed by atoms with Crippen LogP contribution in [0.4, 0.5) is 0 Å². The fourth-order valence-corrected chi connectivity index (χ4v) is 5.45. The van der Waals surface area contributed by atoms with Crippen LogP contribution in [0.2, 0.25) is 0 Å². The molecule has 5 atom stereocenters. The number of hydrogen-bond donors (Lipinski definition) is 6. The Labute approximate surface area is 264 Å². The molecule has 3 rings (SSSR count). The quantitative estimate of drug-likeness (QED) is 0.122. The number of hydrogen-bond acceptors (Lipinski definition) is 7. The van der Waals surface area contributed by atoms with E-state index in [2.05, 4.69) is 15.6 Å². The van der Waals surface area contributed by atoms with Crippen LogP contribution < -0.4 is 16.4 Å². The number of nitrogens with zero attached hydrogens (tertiary/aromatic N) is 2. The van der Waals surface area contributed by atoms with Gasteiger partial charge in [-0.1, -0.05) is 48.5 Å². The SMILES string of the molecule is CN[C@H](Cc1c[nH]c2ccccc12)C(=O)N(C)[C@@H](CCCCN)C(=O)N[C@H](C(=O)N(C)[C@@H](Cc1ccccc1)C(=O)O)[C@@H](C)O. The van der Waals surface area contributed by atoms with Crippen LogP contribution in [0.15, 0.2) is 60.8 Å². The Kier molecular flexibility index (Phi) is 13.1. The van der Waals surface area contributed by atoms with Gasteiger partial charge in [-0.2, -0.15) is 0 Å². The molecule has 0 bridgehead atoms. The van der Waals surface area contributed by atoms with E-state index in [1.165, 1.54) is 18.9 Å². The van der Waals surface area contributed by atoms with Gasteiger partial charge in [-0.25, -0.2) is 4.79 Å². The van der Waals surface area contributed by atoms with E-state index in [1.807, 2.05) is 30.5 Å². The minimum absolute atomic E-state index is 0.0413. The summed E-state index contributed by atoms with van der Waals surface area (Å²) < 4.78 is 0. The van der Waals surface area contributed by atoms with Crippen molar-refractivity contribution in [1.82, 2.24) is 25.4 Å². The first-order valence-corrected chi connectivity index (χ1v) is 15.2. The Balaban J connectivity index is 1.80. The lowest BCUT2D eigenvalue weighted by Gasteiger charge is -2.34. The Morgan fingerprint density at radius 2 is 1.56 bits per heavy atom. The van der Waals surface area contributed by atoms with Gasteiger partial charge in [-0.05, 0) is 63.4 Å². The van der Waals surface area contributed by atoms with Gasteiger partial charge >= 0.3 is 5.97 Å². The molecule has 0 spiro atoms. The average Bonchev–Trinajstić information content (AvgIpc) is 3.44. The number of benzene rings is 2. The second-order valence-electron chi connectivity index (χ2n) is 11.4. The molecule has 0 aliphatic carbocycles. The molecule has 0 saturated heterocycles. The maximum absolute atomic E-state index is 13.8. The van der Waals surface area contributed by atoms with Crippen LogP contribution in [0.25, 0.3) is 10.9 Å². The third-order valence-electron chi connectivity index (χ3n) is 8.21. The Morgan fingerprint density at radius 1 is 0.911 bits per heavy atom. The highest BCUT2D eigenvalue weighted by Crippen LogP contribution is 2.20. The van der Waals surface area contributed by atoms with Crippen LogP contribution in [-0.2, 0) is 32.0 Å². The van der Waals surface area contributed by atoms with E-state index in [1.54, 1.807) is 44.4 Å². The molecule has 2 aromatic carbocycles. The van der Waals surface area contributed by atoms with Crippen LogP contribution in [0.3, 0.4) is 0 Å². The number of H-pyrrole nitrogens is 1. The van der Waals surface area contributed by atoms with Gasteiger partial charge in [-0.15, -0.1) is 0 Å². The molecule has 244 valence electrons. The lowest BCUT2D eigenvalue weighted by atomic mass is 10.0. The summed E-state index contributed by atoms with van der Waals surface area (Å²) in [6.07, 6.45) is 2.38. The Bertz CT molecular complexity index is 1430. The topological polar surface area (TPSA) is 181 Å². The summed E-state index contributed by atoms with van der Waals surface area (Å²) in [5.74, 6) is -2.93. The summed E-state index contributed by atoms with van der Waals surface area (Å²) in [6.45, 7) is 1.75. The first-order valence-electron chi connectivity index (χ1n) is 15.2. The zero-order chi connectivity index (χ0) is 33.1. The summed E-state index contributed by atoms with van der Waals surface area (Å²) in [4.78, 5) is 58.9. The molecule has 0 radical (unpaired) electrons. The van der Waals surface area contributed by atoms with Gasteiger partial charge in [0.15, 0.2) is 0 Å². The molecule has 7 N–H and O–H groups in total. The third-order valence-corrected chi connectivity index (χ3v) is 8.21. The fraction of sp³-hybridized carbons (Fsp3) is 0.455. The molecule has 45 heavy (non-hydrogen) atoms. The molecule has 3 amide bonds. The first kappa shape index (κ1) is 35.2. The van der Waals surface area contributed by atoms with Gasteiger partial charge < -0.3 is 41.4 Å². The molecule has 12 nitrogen and oxygen atoms in total. The zero-order valence-corrected chi connectivity index (χ0v) is 26.4. The number of aromatic nitrogens is 1. The number of fused-ring (bicyclic) bond motifs is 1. The van der Waals surface area contributed by atoms with Crippen molar-refractivity contribution in [1.29, 1.82) is 0 Å². The smallest absolute Gasteiger partial charge is 0.326 e. The number of aliphatic hydroxyl groups excluding tert-OH is 1. The van der Waals surface area contributed by atoms with Crippen LogP contribution in [0, 0.1) is 0 Å². The number of aliphatic carboxylic acids is 1. The van der Waals surface area contributed by atoms with Gasteiger partial charge in [0.05, 0.1) is 12.1 Å². The number of aromatic amines is 1. The van der Waals surface area contributed by atoms with E-state index in [0.29, 0.717) is 31.4 Å². The summed E-state index contributed by atoms with van der Waals surface area (Å²) in [5.41, 5.74) is 8.31. The highest BCUT2D eigenvalue weighted by molar-refractivity contribution is 5.94. The van der Waals surface area contributed by atoms with Crippen molar-refractivity contribution in [3.63, 3.8) is 0 Å². The van der Waals surface area contributed by atoms with E-state index in [4.69, 9.17) is 5.73 Å². The molecule has 1 heterocycles. The van der Waals surface area contributed by atoms with E-state index in [9.17, 15) is 29.4 Å². The normalized spacial score (nSPS) is 14.6. The van der Waals surface area contributed by atoms with Gasteiger partial charge in [-0.3, -0.25) is 14.4 Å². The number of carbonyl (C=O) groups is 4. The van der Waals surface area contributed by atoms with Gasteiger partial charge in [0.1, 0.15) is 18.1 Å². The van der Waals surface area contributed by atoms with Crippen molar-refractivity contribution >= 4 is 34.6 Å². The number of rotatable bonds is 17. The number of carboxylic acids is 1. The summed E-state index contributed by atoms with van der Waals surface area (Å²) >= 11 is 0. The zero-order valence-electron chi connectivity index (χ0n) is 26.4. The Morgan fingerprint density at radius 3 is 2.18 bits per heavy atom. The monoisotopic (exact) mass is 622 g/mol. The van der Waals surface area contributed by atoms with Crippen LogP contribution >= 0.6 is 0 Å². The lowest BCUT2D eigenvalue weighted by molar-refractivity contribution is -0.152. The van der Waals surface area contributed by atoms with Gasteiger partial charge in [0, 0.05) is 37.6 Å². The molecule has 3 aromatic rings. The van der Waals surface area contributed by atoms with Crippen LogP contribution in [0.1, 0.15) is 37.3 Å². The number of nitrogens with two attached hydrogens (primary N) is 1. The predicted octanol–water partition coefficient (Wildman–Crippen LogP) is 1.27. The fourth-order valence-electron chi connectivity index (χ4n) is 5.45. The number of likely N-dealkylation sites (N-methyl/N-ethyl adjacent to an activating group) is 3. The minimum Gasteiger partial charge on any atom is -0.480 e. The summed E-state index contributed by atoms with van der Waals surface area (Å²) in [6, 6.07) is 12.4. The van der Waals surface area contributed by atoms with Crippen molar-refractivity contribution in [3.8, 4) is 0 Å². The largest absolute Gasteiger partial charge is 0.480 e. The van der Waals surface area contributed by atoms with E-state index >= 15 is 0 Å². The van der Waals surface area contributed by atoms with Crippen molar-refractivity contribution in [2.75, 3.05) is 27.7 Å². The molecular formula is C33H46N6O6. The Hall–Kier alpha value is -4.26. The molecule has 1 aromatic heterocycles. The maximum atomic E-state index is 13.8. The van der Waals surface area contributed by atoms with Crippen molar-refractivity contribution in [3.05, 3.63) is 71.9 Å². The molecule has 0 saturated carbocycles. The highest BCUT2D eigenvalue weighted by Gasteiger charge is 2.37. The molecule has 0 unspecified atom stereocenters. The number of carboxylic acid groups (broad SMARTS) is 1. The van der Waals surface area contributed by atoms with Crippen molar-refractivity contribution in [2.45, 2.75) is 69.3 Å². The van der Waals surface area contributed by atoms with E-state index < -0.39 is 48.1 Å². The second kappa shape index (κ2) is 16.7. The van der Waals surface area contributed by atoms with Crippen LogP contribution in [-0.4, -0.2) is 107 Å². The number of para-hydroxylation sites is 1. The first-order chi connectivity index (χ1) is 21.5. The van der Waals surface area contributed by atoms with Gasteiger partial charge in [0.25, 0.3) is 0 Å². The summed E-state index contributed by atoms with van der Waals surface area (Å²) in [5, 5.41) is 27.2. The third kappa shape index (κ3) is 9.13. The molecular weight excluding hydrogens is 576 g/mol. The standard InChI is InChI=1S/C33H46N6O6/c1-21(40)29(32(43)39(4)28(33(44)45)18-22-12-6-5-7-13-22)37-30(41)27(16-10-11-17-34)38(3)31(42)26(35-2)19-23-20-36-25-15-9-8-14-24(23)25/h5-9,12-15,20-21,26-29,35-36,40H,10-11,16-19,34H2,1-4H3,(H,37,41)(H,44,45)/t21-,26-,27+,28+,29+/m1/s1. The van der Waals surface area contributed by atoms with Crippen molar-refractivity contribution < 1.29 is 29.4 Å². The van der Waals surface area contributed by atoms with Crippen molar-refractivity contribution in [2.24, 2.45) is 5.73 Å². The second-order valence-corrected chi connectivity index (χ2v) is 11.4. The molecule has 0 fully saturated rings. The minimum atomic E-state index is -1.44. The molecule has 0 aliphatic rings. The van der Waals surface area contributed by atoms with E-state index in [0.717, 1.165) is 21.4 Å². The number of amides is 3. The highest BCUT2D eigenvalue weighted by atomic mass is 16.4. The number of unbranched alkanes of at least 4 members (excludes halogenated alkanes) is 1. The van der Waals surface area contributed by atoms with E-state index in [-0.39, 0.29) is 18.7 Å². The van der Waals surface area contributed by atoms with Gasteiger partial charge in [0.2, 0.25) is 17.7 Å². The number of carbonyl (C=O) groups excluding carboxylic acids is 3. The predicted molar refractivity (Wildman–Crippen MR) is 172 cm³/mol. The lowest BCUT2D eigenvalue weighted by Crippen LogP contribution is -2.60. The van der Waals surface area contributed by atoms with Crippen LogP contribution in [0.5, 0.6) is 0 Å². The molecule has 0 aliphatic heterocycles.